The number of guanidine groups is 1. The standard InChI is InChI=1S/C24H39N3O2.HI/c1-19-8-10-20(11-9-19)24(2,3)18-26-23(25-4)27-14-12-21(13-15-27)29-17-22-7-5-6-16-28-22;/h8-11,21-22H,5-7,12-18H2,1-4H3,(H,25,26);1H. The summed E-state index contributed by atoms with van der Waals surface area (Å²) in [7, 11) is 1.88. The van der Waals surface area contributed by atoms with E-state index in [1.54, 1.807) is 0 Å². The lowest BCUT2D eigenvalue weighted by molar-refractivity contribution is -0.0721. The van der Waals surface area contributed by atoms with Crippen molar-refractivity contribution in [2.75, 3.05) is 39.9 Å². The number of likely N-dealkylation sites (tertiary alicyclic amines) is 1. The van der Waals surface area contributed by atoms with Gasteiger partial charge >= 0.3 is 0 Å². The number of nitrogens with one attached hydrogen (secondary N) is 1. The van der Waals surface area contributed by atoms with E-state index in [1.165, 1.54) is 24.0 Å². The Balaban J connectivity index is 0.00000320. The van der Waals surface area contributed by atoms with Crippen LogP contribution in [0.15, 0.2) is 29.3 Å². The van der Waals surface area contributed by atoms with Crippen molar-refractivity contribution in [3.63, 3.8) is 0 Å². The molecule has 6 heteroatoms. The van der Waals surface area contributed by atoms with Gasteiger partial charge in [-0.25, -0.2) is 0 Å². The minimum atomic E-state index is 0. The SMILES string of the molecule is CN=C(NCC(C)(C)c1ccc(C)cc1)N1CCC(OCC2CCCCO2)CC1.I. The van der Waals surface area contributed by atoms with E-state index in [4.69, 9.17) is 9.47 Å². The third kappa shape index (κ3) is 7.38. The molecule has 1 unspecified atom stereocenters. The molecule has 0 radical (unpaired) electrons. The summed E-state index contributed by atoms with van der Waals surface area (Å²) in [6.07, 6.45) is 6.37. The molecule has 2 aliphatic heterocycles. The van der Waals surface area contributed by atoms with Gasteiger partial charge in [-0.3, -0.25) is 4.99 Å². The van der Waals surface area contributed by atoms with Gasteiger partial charge in [-0.15, -0.1) is 24.0 Å². The summed E-state index contributed by atoms with van der Waals surface area (Å²) in [5.74, 6) is 0.999. The Bertz CT molecular complexity index is 649. The Labute approximate surface area is 200 Å². The molecule has 3 rings (SSSR count). The van der Waals surface area contributed by atoms with Gasteiger partial charge in [-0.05, 0) is 44.6 Å². The van der Waals surface area contributed by atoms with Gasteiger partial charge < -0.3 is 19.7 Å². The third-order valence-electron chi connectivity index (χ3n) is 6.27. The molecule has 1 aromatic rings. The van der Waals surface area contributed by atoms with Gasteiger partial charge in [-0.1, -0.05) is 43.7 Å². The van der Waals surface area contributed by atoms with E-state index in [1.807, 2.05) is 7.05 Å². The molecule has 0 bridgehead atoms. The van der Waals surface area contributed by atoms with E-state index in [-0.39, 0.29) is 29.4 Å². The summed E-state index contributed by atoms with van der Waals surface area (Å²) in [5, 5.41) is 3.61. The Hall–Kier alpha value is -0.860. The first kappa shape index (κ1) is 25.4. The predicted octanol–water partition coefficient (Wildman–Crippen LogP) is 4.52. The van der Waals surface area contributed by atoms with E-state index < -0.39 is 0 Å². The average Bonchev–Trinajstić information content (AvgIpc) is 2.74. The number of rotatable bonds is 6. The summed E-state index contributed by atoms with van der Waals surface area (Å²) >= 11 is 0. The Kier molecular flexibility index (Phi) is 10.4. The van der Waals surface area contributed by atoms with Crippen LogP contribution < -0.4 is 5.32 Å². The van der Waals surface area contributed by atoms with Crippen LogP contribution in [-0.4, -0.2) is 63.0 Å². The number of nitrogens with zero attached hydrogens (tertiary/aromatic N) is 2. The first-order valence-corrected chi connectivity index (χ1v) is 11.2. The highest BCUT2D eigenvalue weighted by Crippen LogP contribution is 2.23. The smallest absolute Gasteiger partial charge is 0.193 e. The molecule has 0 aromatic heterocycles. The van der Waals surface area contributed by atoms with E-state index >= 15 is 0 Å². The molecule has 1 N–H and O–H groups in total. The van der Waals surface area contributed by atoms with Crippen molar-refractivity contribution in [1.29, 1.82) is 0 Å². The van der Waals surface area contributed by atoms with Crippen LogP contribution in [0.25, 0.3) is 0 Å². The van der Waals surface area contributed by atoms with Gasteiger partial charge in [0.2, 0.25) is 0 Å². The number of aryl methyl sites for hydroxylation is 1. The topological polar surface area (TPSA) is 46.1 Å². The zero-order valence-electron chi connectivity index (χ0n) is 19.2. The van der Waals surface area contributed by atoms with Gasteiger partial charge in [0, 0.05) is 38.7 Å². The summed E-state index contributed by atoms with van der Waals surface area (Å²) in [4.78, 5) is 6.90. The molecule has 170 valence electrons. The van der Waals surface area contributed by atoms with Crippen LogP contribution >= 0.6 is 24.0 Å². The van der Waals surface area contributed by atoms with Gasteiger partial charge in [0.15, 0.2) is 5.96 Å². The number of piperidine rings is 1. The molecule has 0 amide bonds. The molecule has 2 fully saturated rings. The predicted molar refractivity (Wildman–Crippen MR) is 135 cm³/mol. The minimum absolute atomic E-state index is 0. The second-order valence-electron chi connectivity index (χ2n) is 9.16. The van der Waals surface area contributed by atoms with E-state index in [0.717, 1.165) is 58.1 Å². The lowest BCUT2D eigenvalue weighted by Crippen LogP contribution is -2.49. The first-order valence-electron chi connectivity index (χ1n) is 11.2. The third-order valence-corrected chi connectivity index (χ3v) is 6.27. The highest BCUT2D eigenvalue weighted by Gasteiger charge is 2.26. The molecule has 5 nitrogen and oxygen atoms in total. The molecule has 1 atom stereocenters. The normalized spacial score (nSPS) is 21.3. The monoisotopic (exact) mass is 529 g/mol. The molecule has 2 saturated heterocycles. The minimum Gasteiger partial charge on any atom is -0.376 e. The van der Waals surface area contributed by atoms with Crippen molar-refractivity contribution in [2.24, 2.45) is 4.99 Å². The van der Waals surface area contributed by atoms with Gasteiger partial charge in [0.25, 0.3) is 0 Å². The molecule has 30 heavy (non-hydrogen) atoms. The maximum absolute atomic E-state index is 6.15. The second kappa shape index (κ2) is 12.2. The molecule has 1 aromatic carbocycles. The quantitative estimate of drug-likeness (QED) is 0.335. The van der Waals surface area contributed by atoms with Crippen molar-refractivity contribution in [3.8, 4) is 0 Å². The summed E-state index contributed by atoms with van der Waals surface area (Å²) in [6, 6.07) is 8.85. The van der Waals surface area contributed by atoms with Gasteiger partial charge in [0.05, 0.1) is 18.8 Å². The van der Waals surface area contributed by atoms with Crippen LogP contribution in [0.2, 0.25) is 0 Å². The van der Waals surface area contributed by atoms with Crippen LogP contribution in [0, 0.1) is 6.92 Å². The highest BCUT2D eigenvalue weighted by molar-refractivity contribution is 14.0. The zero-order valence-corrected chi connectivity index (χ0v) is 21.5. The number of halogens is 1. The molecule has 2 heterocycles. The number of hydrogen-bond donors (Lipinski definition) is 1. The average molecular weight is 530 g/mol. The Morgan fingerprint density at radius 2 is 1.87 bits per heavy atom. The van der Waals surface area contributed by atoms with Crippen LogP contribution in [0.4, 0.5) is 0 Å². The number of benzene rings is 1. The maximum atomic E-state index is 6.15. The first-order chi connectivity index (χ1) is 14.0. The van der Waals surface area contributed by atoms with Crippen molar-refractivity contribution < 1.29 is 9.47 Å². The van der Waals surface area contributed by atoms with Crippen LogP contribution in [-0.2, 0) is 14.9 Å². The van der Waals surface area contributed by atoms with Crippen LogP contribution in [0.3, 0.4) is 0 Å². The Morgan fingerprint density at radius 1 is 1.17 bits per heavy atom. The molecular formula is C24H40IN3O2. The summed E-state index contributed by atoms with van der Waals surface area (Å²) < 4.78 is 11.9. The van der Waals surface area contributed by atoms with Crippen molar-refractivity contribution in [1.82, 2.24) is 10.2 Å². The second-order valence-corrected chi connectivity index (χ2v) is 9.16. The largest absolute Gasteiger partial charge is 0.376 e. The molecule has 0 aliphatic carbocycles. The van der Waals surface area contributed by atoms with Crippen molar-refractivity contribution in [3.05, 3.63) is 35.4 Å². The molecular weight excluding hydrogens is 489 g/mol. The van der Waals surface area contributed by atoms with E-state index in [0.29, 0.717) is 12.2 Å². The number of ether oxygens (including phenoxy) is 2. The summed E-state index contributed by atoms with van der Waals surface area (Å²) in [6.45, 7) is 11.2. The number of aliphatic imine (C=N–C) groups is 1. The Morgan fingerprint density at radius 3 is 2.47 bits per heavy atom. The van der Waals surface area contributed by atoms with Crippen LogP contribution in [0.5, 0.6) is 0 Å². The lowest BCUT2D eigenvalue weighted by Gasteiger charge is -2.36. The van der Waals surface area contributed by atoms with Crippen molar-refractivity contribution >= 4 is 29.9 Å². The van der Waals surface area contributed by atoms with Gasteiger partial charge in [0.1, 0.15) is 0 Å². The maximum Gasteiger partial charge on any atom is 0.193 e. The fourth-order valence-electron chi connectivity index (χ4n) is 4.16. The van der Waals surface area contributed by atoms with Gasteiger partial charge in [-0.2, -0.15) is 0 Å². The number of hydrogen-bond acceptors (Lipinski definition) is 3. The summed E-state index contributed by atoms with van der Waals surface area (Å²) in [5.41, 5.74) is 2.70. The van der Waals surface area contributed by atoms with E-state index in [2.05, 4.69) is 60.2 Å². The van der Waals surface area contributed by atoms with Crippen molar-refractivity contribution in [2.45, 2.75) is 70.5 Å². The van der Waals surface area contributed by atoms with E-state index in [9.17, 15) is 0 Å². The highest BCUT2D eigenvalue weighted by atomic mass is 127. The lowest BCUT2D eigenvalue weighted by atomic mass is 9.84. The molecule has 0 saturated carbocycles. The fourth-order valence-corrected chi connectivity index (χ4v) is 4.16. The molecule has 2 aliphatic rings. The fraction of sp³-hybridized carbons (Fsp3) is 0.708. The molecule has 0 spiro atoms. The zero-order chi connectivity index (χ0) is 20.7. The van der Waals surface area contributed by atoms with Crippen LogP contribution in [0.1, 0.15) is 57.1 Å².